The molecule has 0 fully saturated rings. The maximum Gasteiger partial charge on any atom is 0.239 e. The zero-order valence-corrected chi connectivity index (χ0v) is 33.4. The van der Waals surface area contributed by atoms with E-state index in [9.17, 15) is 9.59 Å². The molecule has 0 unspecified atom stereocenters. The van der Waals surface area contributed by atoms with Gasteiger partial charge in [-0.3, -0.25) is 9.59 Å². The van der Waals surface area contributed by atoms with Crippen LogP contribution in [-0.4, -0.2) is 50.0 Å². The number of nitrogens with one attached hydrogen (secondary N) is 2. The molecule has 0 aliphatic heterocycles. The monoisotopic (exact) mass is 774 g/mol. The van der Waals surface area contributed by atoms with E-state index in [-0.39, 0.29) is 23.6 Å². The maximum atomic E-state index is 12.6. The standard InChI is InChI=1S/C44H52Cl2N2O6/c1-5-15-51-41-29-11-9-12-30(41)20-34-24-38(48-40(50)28-46)26-36(44(34)54-18-8-4)22-32-14-10-13-31(42(32)52-16-6-2)21-35-25-37(47-39(49)27-45)23-33(19-29)43(35)53-17-7-3/h9-14,23-26H,5-8,15-22,27-28H2,1-4H3,(H,47,49)(H,48,50). The number of halogens is 2. The summed E-state index contributed by atoms with van der Waals surface area (Å²) < 4.78 is 26.4. The van der Waals surface area contributed by atoms with Crippen molar-refractivity contribution in [2.24, 2.45) is 0 Å². The van der Waals surface area contributed by atoms with Gasteiger partial charge in [-0.15, -0.1) is 23.2 Å². The molecule has 4 aromatic carbocycles. The Kier molecular flexibility index (Phi) is 15.4. The van der Waals surface area contributed by atoms with Crippen LogP contribution >= 0.6 is 23.2 Å². The van der Waals surface area contributed by atoms with Crippen molar-refractivity contribution in [2.45, 2.75) is 79.1 Å². The molecule has 8 bridgehead atoms. The maximum absolute atomic E-state index is 12.6. The highest BCUT2D eigenvalue weighted by Gasteiger charge is 2.23. The SMILES string of the molecule is CCCOc1c2cccc1Cc1cc(NC(=O)CCl)cc(c1OCCC)Cc1cccc(c1OCCC)Cc1cc(NC(=O)CCl)cc(c1OCCC)C2. The van der Waals surface area contributed by atoms with Crippen LogP contribution in [0.3, 0.4) is 0 Å². The molecule has 0 atom stereocenters. The first-order chi connectivity index (χ1) is 26.3. The van der Waals surface area contributed by atoms with Crippen molar-refractivity contribution < 1.29 is 28.5 Å². The molecule has 10 heteroatoms. The fourth-order valence-electron chi connectivity index (χ4n) is 6.78. The Bertz CT molecular complexity index is 1680. The summed E-state index contributed by atoms with van der Waals surface area (Å²) in [6.45, 7) is 10.5. The van der Waals surface area contributed by atoms with E-state index < -0.39 is 0 Å². The third kappa shape index (κ3) is 10.4. The van der Waals surface area contributed by atoms with Gasteiger partial charge in [-0.05, 0) is 72.2 Å². The van der Waals surface area contributed by atoms with Gasteiger partial charge in [0.25, 0.3) is 0 Å². The molecule has 0 aromatic heterocycles. The normalized spacial score (nSPS) is 12.1. The predicted octanol–water partition coefficient (Wildman–Crippen LogP) is 9.87. The van der Waals surface area contributed by atoms with E-state index in [2.05, 4.69) is 62.6 Å². The number of anilines is 2. The van der Waals surface area contributed by atoms with Gasteiger partial charge in [0.1, 0.15) is 34.8 Å². The first-order valence-electron chi connectivity index (χ1n) is 19.1. The van der Waals surface area contributed by atoms with Gasteiger partial charge in [-0.25, -0.2) is 0 Å². The number of hydrogen-bond donors (Lipinski definition) is 2. The predicted molar refractivity (Wildman–Crippen MR) is 219 cm³/mol. The molecule has 8 nitrogen and oxygen atoms in total. The highest BCUT2D eigenvalue weighted by Crippen LogP contribution is 2.41. The van der Waals surface area contributed by atoms with Crippen molar-refractivity contribution in [1.82, 2.24) is 0 Å². The molecule has 2 N–H and O–H groups in total. The van der Waals surface area contributed by atoms with Crippen LogP contribution in [0, 0.1) is 0 Å². The number of para-hydroxylation sites is 2. The fourth-order valence-corrected chi connectivity index (χ4v) is 6.91. The second-order valence-electron chi connectivity index (χ2n) is 13.5. The van der Waals surface area contributed by atoms with Gasteiger partial charge in [0.15, 0.2) is 0 Å². The summed E-state index contributed by atoms with van der Waals surface area (Å²) in [6, 6.07) is 20.4. The molecule has 1 aliphatic carbocycles. The number of carbonyl (C=O) groups is 2. The first-order valence-corrected chi connectivity index (χ1v) is 20.1. The Labute approximate surface area is 329 Å². The summed E-state index contributed by atoms with van der Waals surface area (Å²) in [4.78, 5) is 25.3. The fraction of sp³-hybridized carbons (Fsp3) is 0.409. The van der Waals surface area contributed by atoms with Gasteiger partial charge in [-0.1, -0.05) is 64.1 Å². The van der Waals surface area contributed by atoms with Crippen molar-refractivity contribution >= 4 is 46.4 Å². The van der Waals surface area contributed by atoms with Crippen LogP contribution < -0.4 is 29.6 Å². The summed E-state index contributed by atoms with van der Waals surface area (Å²) in [5.41, 5.74) is 8.91. The van der Waals surface area contributed by atoms with Crippen molar-refractivity contribution in [2.75, 3.05) is 48.8 Å². The molecule has 0 saturated carbocycles. The van der Waals surface area contributed by atoms with E-state index in [0.717, 1.165) is 93.2 Å². The van der Waals surface area contributed by atoms with Gasteiger partial charge in [-0.2, -0.15) is 0 Å². The molecule has 2 amide bonds. The van der Waals surface area contributed by atoms with Crippen LogP contribution in [-0.2, 0) is 35.3 Å². The van der Waals surface area contributed by atoms with Gasteiger partial charge < -0.3 is 29.6 Å². The molecule has 0 heterocycles. The van der Waals surface area contributed by atoms with Crippen LogP contribution in [0.5, 0.6) is 23.0 Å². The minimum Gasteiger partial charge on any atom is -0.493 e. The molecule has 0 spiro atoms. The zero-order valence-electron chi connectivity index (χ0n) is 31.9. The molecular weight excluding hydrogens is 723 g/mol. The zero-order chi connectivity index (χ0) is 38.5. The molecule has 0 saturated heterocycles. The van der Waals surface area contributed by atoms with Crippen molar-refractivity contribution in [3.8, 4) is 23.0 Å². The lowest BCUT2D eigenvalue weighted by molar-refractivity contribution is -0.114. The van der Waals surface area contributed by atoms with E-state index in [1.165, 1.54) is 0 Å². The summed E-state index contributed by atoms with van der Waals surface area (Å²) in [5.74, 6) is 2.27. The smallest absolute Gasteiger partial charge is 0.239 e. The minimum absolute atomic E-state index is 0.158. The Morgan fingerprint density at radius 2 is 0.741 bits per heavy atom. The van der Waals surface area contributed by atoms with Gasteiger partial charge in [0.05, 0.1) is 26.4 Å². The molecule has 54 heavy (non-hydrogen) atoms. The van der Waals surface area contributed by atoms with Crippen molar-refractivity contribution in [3.63, 3.8) is 0 Å². The largest absolute Gasteiger partial charge is 0.493 e. The van der Waals surface area contributed by atoms with Crippen LogP contribution in [0.15, 0.2) is 60.7 Å². The second-order valence-corrected chi connectivity index (χ2v) is 14.1. The Morgan fingerprint density at radius 1 is 0.481 bits per heavy atom. The average Bonchev–Trinajstić information content (AvgIpc) is 3.16. The van der Waals surface area contributed by atoms with E-state index in [4.69, 9.17) is 42.1 Å². The highest BCUT2D eigenvalue weighted by atomic mass is 35.5. The molecule has 5 rings (SSSR count). The molecular formula is C44H52Cl2N2O6. The van der Waals surface area contributed by atoms with Crippen LogP contribution in [0.1, 0.15) is 97.9 Å². The number of hydrogen-bond acceptors (Lipinski definition) is 6. The number of fused-ring (bicyclic) bond motifs is 8. The molecule has 288 valence electrons. The van der Waals surface area contributed by atoms with Gasteiger partial charge >= 0.3 is 0 Å². The Morgan fingerprint density at radius 3 is 0.981 bits per heavy atom. The highest BCUT2D eigenvalue weighted by molar-refractivity contribution is 6.29. The Hall–Kier alpha value is -4.40. The number of amides is 2. The lowest BCUT2D eigenvalue weighted by atomic mass is 9.90. The molecule has 4 aromatic rings. The molecule has 0 radical (unpaired) electrons. The second kappa shape index (κ2) is 20.3. The van der Waals surface area contributed by atoms with E-state index >= 15 is 0 Å². The summed E-state index contributed by atoms with van der Waals surface area (Å²) in [7, 11) is 0. The number of rotatable bonds is 16. The number of benzene rings is 4. The van der Waals surface area contributed by atoms with Crippen LogP contribution in [0.2, 0.25) is 0 Å². The molecule has 1 aliphatic rings. The van der Waals surface area contributed by atoms with Crippen molar-refractivity contribution in [3.05, 3.63) is 105 Å². The number of ether oxygens (including phenoxy) is 4. The Balaban J connectivity index is 1.84. The number of alkyl halides is 2. The van der Waals surface area contributed by atoms with Gasteiger partial charge in [0, 0.05) is 59.3 Å². The van der Waals surface area contributed by atoms with Crippen molar-refractivity contribution in [1.29, 1.82) is 0 Å². The average molecular weight is 776 g/mol. The number of carbonyl (C=O) groups excluding carboxylic acids is 2. The first kappa shape index (κ1) is 40.8. The summed E-state index contributed by atoms with van der Waals surface area (Å²) in [5, 5.41) is 6.00. The van der Waals surface area contributed by atoms with Crippen LogP contribution in [0.4, 0.5) is 11.4 Å². The van der Waals surface area contributed by atoms with E-state index in [1.54, 1.807) is 0 Å². The quantitative estimate of drug-likeness (QED) is 0.0970. The summed E-state index contributed by atoms with van der Waals surface area (Å²) in [6.07, 6.45) is 5.27. The minimum atomic E-state index is -0.287. The third-order valence-electron chi connectivity index (χ3n) is 8.98. The summed E-state index contributed by atoms with van der Waals surface area (Å²) >= 11 is 11.9. The van der Waals surface area contributed by atoms with Gasteiger partial charge in [0.2, 0.25) is 11.8 Å². The van der Waals surface area contributed by atoms with E-state index in [1.807, 2.05) is 36.4 Å². The van der Waals surface area contributed by atoms with E-state index in [0.29, 0.717) is 63.5 Å². The van der Waals surface area contributed by atoms with Crippen LogP contribution in [0.25, 0.3) is 0 Å². The topological polar surface area (TPSA) is 95.1 Å². The third-order valence-corrected chi connectivity index (χ3v) is 9.46. The lowest BCUT2D eigenvalue weighted by Gasteiger charge is -2.24. The lowest BCUT2D eigenvalue weighted by Crippen LogP contribution is -2.15.